The van der Waals surface area contributed by atoms with E-state index >= 15 is 0 Å². The third kappa shape index (κ3) is 4.46. The second-order valence-corrected chi connectivity index (χ2v) is 6.70. The Labute approximate surface area is 177 Å². The summed E-state index contributed by atoms with van der Waals surface area (Å²) in [5.74, 6) is 0.178. The zero-order valence-corrected chi connectivity index (χ0v) is 16.7. The number of hydrogen-bond donors (Lipinski definition) is 2. The molecule has 0 aliphatic rings. The zero-order valence-electron chi connectivity index (χ0n) is 16.7. The zero-order chi connectivity index (χ0) is 21.8. The molecule has 0 spiro atoms. The van der Waals surface area contributed by atoms with Gasteiger partial charge >= 0.3 is 0 Å². The lowest BCUT2D eigenvalue weighted by atomic mass is 10.1. The van der Waals surface area contributed by atoms with Gasteiger partial charge in [0, 0.05) is 30.6 Å². The Balaban J connectivity index is 1.53. The first-order chi connectivity index (χ1) is 15.1. The molecule has 0 saturated heterocycles. The number of benzene rings is 2. The van der Waals surface area contributed by atoms with E-state index in [0.29, 0.717) is 22.5 Å². The lowest BCUT2D eigenvalue weighted by molar-refractivity contribution is 0.0950. The number of carbonyl (C=O) groups is 1. The van der Waals surface area contributed by atoms with Crippen molar-refractivity contribution in [3.05, 3.63) is 83.8 Å². The number of hydrogen-bond acceptors (Lipinski definition) is 6. The van der Waals surface area contributed by atoms with Gasteiger partial charge in [0.25, 0.3) is 5.91 Å². The molecule has 4 rings (SSSR count). The SMILES string of the molecule is COc1ccc(C(=O)NCc2cnc3cnccn23)cc1Oc1cc(F)cc(CN)c1. The summed E-state index contributed by atoms with van der Waals surface area (Å²) < 4.78 is 26.8. The molecule has 31 heavy (non-hydrogen) atoms. The van der Waals surface area contributed by atoms with Crippen LogP contribution in [0.1, 0.15) is 21.6 Å². The molecule has 2 aromatic heterocycles. The Morgan fingerprint density at radius 3 is 2.87 bits per heavy atom. The van der Waals surface area contributed by atoms with Gasteiger partial charge in [0.15, 0.2) is 17.1 Å². The first-order valence-electron chi connectivity index (χ1n) is 9.47. The highest BCUT2D eigenvalue weighted by Crippen LogP contribution is 2.33. The molecular formula is C22H20FN5O3. The van der Waals surface area contributed by atoms with Gasteiger partial charge < -0.3 is 20.5 Å². The Morgan fingerprint density at radius 2 is 2.06 bits per heavy atom. The van der Waals surface area contributed by atoms with Crippen LogP contribution in [0.5, 0.6) is 17.2 Å². The fraction of sp³-hybridized carbons (Fsp3) is 0.136. The lowest BCUT2D eigenvalue weighted by Crippen LogP contribution is -2.23. The van der Waals surface area contributed by atoms with Crippen molar-refractivity contribution in [3.63, 3.8) is 0 Å². The van der Waals surface area contributed by atoms with E-state index in [2.05, 4.69) is 15.3 Å². The highest BCUT2D eigenvalue weighted by Gasteiger charge is 2.14. The second kappa shape index (κ2) is 8.80. The summed E-state index contributed by atoms with van der Waals surface area (Å²) >= 11 is 0. The van der Waals surface area contributed by atoms with Crippen LogP contribution in [0.25, 0.3) is 5.65 Å². The molecular weight excluding hydrogens is 401 g/mol. The van der Waals surface area contributed by atoms with Crippen molar-refractivity contribution < 1.29 is 18.7 Å². The molecule has 4 aromatic rings. The molecule has 0 atom stereocenters. The normalized spacial score (nSPS) is 10.8. The maximum absolute atomic E-state index is 13.8. The van der Waals surface area contributed by atoms with Gasteiger partial charge in [-0.1, -0.05) is 0 Å². The molecule has 9 heteroatoms. The minimum absolute atomic E-state index is 0.174. The fourth-order valence-electron chi connectivity index (χ4n) is 3.12. The van der Waals surface area contributed by atoms with E-state index < -0.39 is 5.82 Å². The van der Waals surface area contributed by atoms with Gasteiger partial charge in [0.2, 0.25) is 0 Å². The summed E-state index contributed by atoms with van der Waals surface area (Å²) in [7, 11) is 1.48. The summed E-state index contributed by atoms with van der Waals surface area (Å²) in [6.45, 7) is 0.447. The van der Waals surface area contributed by atoms with E-state index in [0.717, 1.165) is 5.69 Å². The summed E-state index contributed by atoms with van der Waals surface area (Å²) in [4.78, 5) is 21.0. The predicted molar refractivity (Wildman–Crippen MR) is 112 cm³/mol. The Bertz CT molecular complexity index is 1240. The van der Waals surface area contributed by atoms with Crippen LogP contribution in [0.3, 0.4) is 0 Å². The van der Waals surface area contributed by atoms with Gasteiger partial charge in [-0.2, -0.15) is 0 Å². The van der Waals surface area contributed by atoms with Crippen molar-refractivity contribution in [1.29, 1.82) is 0 Å². The van der Waals surface area contributed by atoms with E-state index in [4.69, 9.17) is 15.2 Å². The first-order valence-corrected chi connectivity index (χ1v) is 9.47. The smallest absolute Gasteiger partial charge is 0.251 e. The number of carbonyl (C=O) groups excluding carboxylic acids is 1. The van der Waals surface area contributed by atoms with E-state index in [-0.39, 0.29) is 30.5 Å². The van der Waals surface area contributed by atoms with Crippen LogP contribution in [-0.2, 0) is 13.1 Å². The number of ether oxygens (including phenoxy) is 2. The van der Waals surface area contributed by atoms with Gasteiger partial charge in [-0.3, -0.25) is 14.2 Å². The molecule has 3 N–H and O–H groups in total. The van der Waals surface area contributed by atoms with Crippen molar-refractivity contribution in [2.45, 2.75) is 13.1 Å². The van der Waals surface area contributed by atoms with Crippen molar-refractivity contribution in [3.8, 4) is 17.2 Å². The van der Waals surface area contributed by atoms with Crippen LogP contribution in [0, 0.1) is 5.82 Å². The van der Waals surface area contributed by atoms with Gasteiger partial charge in [-0.15, -0.1) is 0 Å². The minimum Gasteiger partial charge on any atom is -0.493 e. The predicted octanol–water partition coefficient (Wildman–Crippen LogP) is 3.06. The molecule has 0 radical (unpaired) electrons. The van der Waals surface area contributed by atoms with Crippen LogP contribution in [0.2, 0.25) is 0 Å². The second-order valence-electron chi connectivity index (χ2n) is 6.70. The molecule has 158 valence electrons. The van der Waals surface area contributed by atoms with E-state index in [1.165, 1.54) is 19.2 Å². The maximum atomic E-state index is 13.8. The minimum atomic E-state index is -0.464. The van der Waals surface area contributed by atoms with Gasteiger partial charge in [0.05, 0.1) is 31.7 Å². The summed E-state index contributed by atoms with van der Waals surface area (Å²) in [6, 6.07) is 8.99. The number of rotatable bonds is 7. The summed E-state index contributed by atoms with van der Waals surface area (Å²) in [5.41, 5.74) is 8.05. The number of methoxy groups -OCH3 is 1. The maximum Gasteiger partial charge on any atom is 0.251 e. The van der Waals surface area contributed by atoms with Crippen LogP contribution >= 0.6 is 0 Å². The number of nitrogens with two attached hydrogens (primary N) is 1. The highest BCUT2D eigenvalue weighted by molar-refractivity contribution is 5.94. The van der Waals surface area contributed by atoms with Crippen LogP contribution < -0.4 is 20.5 Å². The molecule has 2 heterocycles. The van der Waals surface area contributed by atoms with Crippen LogP contribution in [0.15, 0.2) is 61.2 Å². The number of fused-ring (bicyclic) bond motifs is 1. The first kappa shape index (κ1) is 20.3. The Morgan fingerprint density at radius 1 is 1.19 bits per heavy atom. The van der Waals surface area contributed by atoms with E-state index in [1.54, 1.807) is 49.1 Å². The standard InChI is InChI=1S/C22H20FN5O3/c1-30-19-3-2-15(8-20(19)31-18-7-14(10-24)6-16(23)9-18)22(29)27-12-17-11-26-21-13-25-4-5-28(17)21/h2-9,11,13H,10,12,24H2,1H3,(H,27,29). The third-order valence-corrected chi connectivity index (χ3v) is 4.64. The van der Waals surface area contributed by atoms with E-state index in [9.17, 15) is 9.18 Å². The molecule has 0 aliphatic heterocycles. The Hall–Kier alpha value is -3.98. The van der Waals surface area contributed by atoms with Gasteiger partial charge in [-0.05, 0) is 35.9 Å². The molecule has 0 fully saturated rings. The molecule has 0 saturated carbocycles. The monoisotopic (exact) mass is 421 g/mol. The van der Waals surface area contributed by atoms with Crippen LogP contribution in [0.4, 0.5) is 4.39 Å². The molecule has 0 bridgehead atoms. The van der Waals surface area contributed by atoms with E-state index in [1.807, 2.05) is 4.40 Å². The lowest BCUT2D eigenvalue weighted by Gasteiger charge is -2.13. The fourth-order valence-corrected chi connectivity index (χ4v) is 3.12. The molecule has 0 aliphatic carbocycles. The molecule has 1 amide bonds. The summed E-state index contributed by atoms with van der Waals surface area (Å²) in [5, 5.41) is 2.86. The number of nitrogens with zero attached hydrogens (tertiary/aromatic N) is 3. The van der Waals surface area contributed by atoms with Crippen molar-refractivity contribution in [2.24, 2.45) is 5.73 Å². The number of imidazole rings is 1. The average Bonchev–Trinajstić information content (AvgIpc) is 3.20. The summed E-state index contributed by atoms with van der Waals surface area (Å²) in [6.07, 6.45) is 6.74. The molecule has 8 nitrogen and oxygen atoms in total. The third-order valence-electron chi connectivity index (χ3n) is 4.64. The quantitative estimate of drug-likeness (QED) is 0.475. The number of aromatic nitrogens is 3. The Kier molecular flexibility index (Phi) is 5.76. The number of halogens is 1. The van der Waals surface area contributed by atoms with Gasteiger partial charge in [-0.25, -0.2) is 9.37 Å². The van der Waals surface area contributed by atoms with Crippen molar-refractivity contribution >= 4 is 11.6 Å². The van der Waals surface area contributed by atoms with Crippen LogP contribution in [-0.4, -0.2) is 27.4 Å². The molecule has 2 aromatic carbocycles. The van der Waals surface area contributed by atoms with Gasteiger partial charge in [0.1, 0.15) is 11.6 Å². The van der Waals surface area contributed by atoms with Crippen molar-refractivity contribution in [1.82, 2.24) is 19.7 Å². The largest absolute Gasteiger partial charge is 0.493 e. The average molecular weight is 421 g/mol. The van der Waals surface area contributed by atoms with Crippen molar-refractivity contribution in [2.75, 3.05) is 7.11 Å². The topological polar surface area (TPSA) is 104 Å². The number of amides is 1. The number of nitrogens with one attached hydrogen (secondary N) is 1. The highest BCUT2D eigenvalue weighted by atomic mass is 19.1. The molecule has 0 unspecified atom stereocenters.